The van der Waals surface area contributed by atoms with Crippen molar-refractivity contribution < 1.29 is 29.8 Å². The van der Waals surface area contributed by atoms with Crippen LogP contribution in [-0.4, -0.2) is 45.4 Å². The van der Waals surface area contributed by atoms with E-state index in [0.29, 0.717) is 12.5 Å². The van der Waals surface area contributed by atoms with E-state index in [1.165, 1.54) is 0 Å². The number of hydrogen-bond acceptors (Lipinski definition) is 6. The lowest BCUT2D eigenvalue weighted by Gasteiger charge is -2.12. The predicted molar refractivity (Wildman–Crippen MR) is 43.1 cm³/mol. The maximum absolute atomic E-state index is 10.6. The number of hydrogen-bond donors (Lipinski definition) is 1. The minimum atomic E-state index is -5.32. The van der Waals surface area contributed by atoms with E-state index in [2.05, 4.69) is 0 Å². The van der Waals surface area contributed by atoms with Crippen molar-refractivity contribution in [3.63, 3.8) is 0 Å². The topological polar surface area (TPSA) is 126 Å². The quantitative estimate of drug-likeness (QED) is 0.577. The monoisotopic (exact) mass is 253 g/mol. The van der Waals surface area contributed by atoms with Crippen LogP contribution in [0.5, 0.6) is 0 Å². The van der Waals surface area contributed by atoms with E-state index in [1.807, 2.05) is 0 Å². The molecule has 0 aliphatic rings. The SMILES string of the molecule is CS(=O)(=O)N(S(C)(=O)=O)S(=O)(=O)O. The highest BCUT2D eigenvalue weighted by Gasteiger charge is 2.38. The molecule has 0 aliphatic carbocycles. The minimum absolute atomic E-state index is 0.335. The first-order chi connectivity index (χ1) is 5.37. The molecule has 0 aromatic heterocycles. The summed E-state index contributed by atoms with van der Waals surface area (Å²) in [4.78, 5) is 0. The van der Waals surface area contributed by atoms with E-state index in [4.69, 9.17) is 4.55 Å². The van der Waals surface area contributed by atoms with Gasteiger partial charge in [-0.3, -0.25) is 4.55 Å². The third kappa shape index (κ3) is 3.56. The minimum Gasteiger partial charge on any atom is -0.272 e. The molecule has 0 aromatic rings. The van der Waals surface area contributed by atoms with E-state index >= 15 is 0 Å². The number of nitrogens with zero attached hydrogens (tertiary/aromatic N) is 1. The summed E-state index contributed by atoms with van der Waals surface area (Å²) in [5.74, 6) is 0. The van der Waals surface area contributed by atoms with Crippen molar-refractivity contribution >= 4 is 30.4 Å². The highest BCUT2D eigenvalue weighted by Crippen LogP contribution is 2.09. The average molecular weight is 253 g/mol. The highest BCUT2D eigenvalue weighted by atomic mass is 32.3. The summed E-state index contributed by atoms with van der Waals surface area (Å²) in [5.41, 5.74) is 0. The molecule has 0 atom stereocenters. The summed E-state index contributed by atoms with van der Waals surface area (Å²) in [6, 6.07) is 0. The summed E-state index contributed by atoms with van der Waals surface area (Å²) in [6.45, 7) is 0. The van der Waals surface area contributed by atoms with Gasteiger partial charge < -0.3 is 0 Å². The van der Waals surface area contributed by atoms with Crippen LogP contribution < -0.4 is 0 Å². The van der Waals surface area contributed by atoms with Gasteiger partial charge in [-0.15, -0.1) is 0 Å². The lowest BCUT2D eigenvalue weighted by atomic mass is 12.0. The fourth-order valence-corrected chi connectivity index (χ4v) is 5.29. The van der Waals surface area contributed by atoms with Gasteiger partial charge in [0.1, 0.15) is 0 Å². The maximum atomic E-state index is 10.6. The van der Waals surface area contributed by atoms with E-state index in [0.717, 1.165) is 0 Å². The van der Waals surface area contributed by atoms with E-state index in [1.54, 1.807) is 0 Å². The van der Waals surface area contributed by atoms with Gasteiger partial charge in [0, 0.05) is 3.12 Å². The Morgan fingerprint density at radius 1 is 0.846 bits per heavy atom. The van der Waals surface area contributed by atoms with Crippen LogP contribution >= 0.6 is 0 Å². The zero-order valence-corrected chi connectivity index (χ0v) is 9.02. The molecular formula is C2H7NO7S3. The Morgan fingerprint density at radius 3 is 1.08 bits per heavy atom. The maximum Gasteiger partial charge on any atom is 0.363 e. The van der Waals surface area contributed by atoms with Crippen LogP contribution in [0, 0.1) is 0 Å². The van der Waals surface area contributed by atoms with E-state index in [9.17, 15) is 25.3 Å². The normalized spacial score (nSPS) is 14.8. The largest absolute Gasteiger partial charge is 0.363 e. The number of rotatable bonds is 3. The molecule has 0 radical (unpaired) electrons. The Labute approximate surface area is 76.1 Å². The fraction of sp³-hybridized carbons (Fsp3) is 1.00. The van der Waals surface area contributed by atoms with Crippen molar-refractivity contribution in [2.75, 3.05) is 12.5 Å². The summed E-state index contributed by atoms with van der Waals surface area (Å²) in [7, 11) is -14.5. The Kier molecular flexibility index (Phi) is 3.11. The summed E-state index contributed by atoms with van der Waals surface area (Å²) < 4.78 is 70.5. The van der Waals surface area contributed by atoms with Gasteiger partial charge >= 0.3 is 10.3 Å². The van der Waals surface area contributed by atoms with Gasteiger partial charge in [0.2, 0.25) is 20.0 Å². The molecule has 0 fully saturated rings. The molecule has 0 aliphatic heterocycles. The van der Waals surface area contributed by atoms with E-state index < -0.39 is 33.5 Å². The van der Waals surface area contributed by atoms with Crippen molar-refractivity contribution in [1.82, 2.24) is 3.12 Å². The smallest absolute Gasteiger partial charge is 0.272 e. The lowest BCUT2D eigenvalue weighted by molar-refractivity contribution is 0.452. The molecule has 1 N–H and O–H groups in total. The molecule has 11 heteroatoms. The molecule has 0 bridgehead atoms. The Morgan fingerprint density at radius 2 is 1.08 bits per heavy atom. The first kappa shape index (κ1) is 12.8. The van der Waals surface area contributed by atoms with Crippen molar-refractivity contribution in [2.45, 2.75) is 0 Å². The van der Waals surface area contributed by atoms with Gasteiger partial charge in [-0.05, 0) is 0 Å². The molecule has 13 heavy (non-hydrogen) atoms. The van der Waals surface area contributed by atoms with Crippen molar-refractivity contribution in [1.29, 1.82) is 0 Å². The van der Waals surface area contributed by atoms with Crippen molar-refractivity contribution in [3.8, 4) is 0 Å². The highest BCUT2D eigenvalue weighted by molar-refractivity contribution is 8.15. The standard InChI is InChI=1S/C2H7NO7S3/c1-11(4,5)3(12(2,6)7)13(8,9)10/h1-2H3,(H,8,9,10). The second-order valence-electron chi connectivity index (χ2n) is 2.14. The molecule has 0 amide bonds. The van der Waals surface area contributed by atoms with Gasteiger partial charge in [-0.25, -0.2) is 16.8 Å². The average Bonchev–Trinajstić information content (AvgIpc) is 1.44. The second-order valence-corrected chi connectivity index (χ2v) is 7.75. The van der Waals surface area contributed by atoms with Crippen LogP contribution in [0.4, 0.5) is 0 Å². The van der Waals surface area contributed by atoms with Crippen LogP contribution in [0.25, 0.3) is 0 Å². The zero-order valence-electron chi connectivity index (χ0n) is 6.57. The van der Waals surface area contributed by atoms with Gasteiger partial charge in [0.15, 0.2) is 0 Å². The Bertz CT molecular complexity index is 404. The third-order valence-electron chi connectivity index (χ3n) is 0.730. The van der Waals surface area contributed by atoms with Gasteiger partial charge in [-0.2, -0.15) is 8.42 Å². The van der Waals surface area contributed by atoms with Crippen LogP contribution in [0.1, 0.15) is 0 Å². The molecule has 80 valence electrons. The molecular weight excluding hydrogens is 246 g/mol. The predicted octanol–water partition coefficient (Wildman–Crippen LogP) is -1.99. The summed E-state index contributed by atoms with van der Waals surface area (Å²) >= 11 is 0. The Balaban J connectivity index is 5.87. The van der Waals surface area contributed by atoms with Crippen LogP contribution in [-0.2, 0) is 30.4 Å². The first-order valence-electron chi connectivity index (χ1n) is 2.55. The lowest BCUT2D eigenvalue weighted by Crippen LogP contribution is -2.39. The summed E-state index contributed by atoms with van der Waals surface area (Å²) in [6.07, 6.45) is 0.670. The number of sulfonamides is 2. The zero-order chi connectivity index (χ0) is 11.1. The third-order valence-corrected chi connectivity index (χ3v) is 6.57. The van der Waals surface area contributed by atoms with Crippen LogP contribution in [0.2, 0.25) is 0 Å². The molecule has 0 aromatic carbocycles. The molecule has 0 saturated heterocycles. The first-order valence-corrected chi connectivity index (χ1v) is 7.64. The molecule has 8 nitrogen and oxygen atoms in total. The van der Waals surface area contributed by atoms with Crippen molar-refractivity contribution in [3.05, 3.63) is 0 Å². The van der Waals surface area contributed by atoms with Gasteiger partial charge in [0.05, 0.1) is 12.5 Å². The summed E-state index contributed by atoms with van der Waals surface area (Å²) in [5, 5.41) is 0. The van der Waals surface area contributed by atoms with Gasteiger partial charge in [0.25, 0.3) is 0 Å². The van der Waals surface area contributed by atoms with Crippen molar-refractivity contribution in [2.24, 2.45) is 0 Å². The molecule has 0 saturated carbocycles. The molecule has 0 rings (SSSR count). The second kappa shape index (κ2) is 3.16. The van der Waals surface area contributed by atoms with Crippen LogP contribution in [0.3, 0.4) is 0 Å². The van der Waals surface area contributed by atoms with Gasteiger partial charge in [-0.1, -0.05) is 0 Å². The fourth-order valence-electron chi connectivity index (χ4n) is 0.588. The Hall–Kier alpha value is -0.230. The molecule has 0 spiro atoms. The molecule has 0 heterocycles. The van der Waals surface area contributed by atoms with E-state index in [-0.39, 0.29) is 0 Å². The molecule has 0 unspecified atom stereocenters. The van der Waals surface area contributed by atoms with Crippen LogP contribution in [0.15, 0.2) is 0 Å².